The van der Waals surface area contributed by atoms with Crippen molar-refractivity contribution in [2.24, 2.45) is 41.4 Å². The number of alkyl carbamates (subject to hydrolysis) is 1. The van der Waals surface area contributed by atoms with Gasteiger partial charge in [-0.25, -0.2) is 4.79 Å². The van der Waals surface area contributed by atoms with Crippen molar-refractivity contribution in [3.63, 3.8) is 0 Å². The minimum Gasteiger partial charge on any atom is -0.463 e. The third kappa shape index (κ3) is 39.8. The van der Waals surface area contributed by atoms with E-state index in [1.807, 2.05) is 33.8 Å². The highest BCUT2D eigenvalue weighted by Gasteiger charge is 2.45. The van der Waals surface area contributed by atoms with E-state index in [-0.39, 0.29) is 193 Å². The van der Waals surface area contributed by atoms with Gasteiger partial charge in [0, 0.05) is 131 Å². The molecule has 30 nitrogen and oxygen atoms in total. The van der Waals surface area contributed by atoms with Crippen molar-refractivity contribution < 1.29 is 119 Å². The monoisotopic (exact) mass is 1590 g/mol. The Kier molecular flexibility index (Phi) is 47.5. The summed E-state index contributed by atoms with van der Waals surface area (Å²) in [6.45, 7) is 21.5. The number of Topliss-reactive ketones (excluding diaryl/α,β-unsaturated/α-hetero) is 3. The first-order valence-electron chi connectivity index (χ1n) is 40.6. The van der Waals surface area contributed by atoms with Crippen LogP contribution in [0.1, 0.15) is 230 Å². The van der Waals surface area contributed by atoms with Crippen molar-refractivity contribution in [2.75, 3.05) is 85.8 Å². The van der Waals surface area contributed by atoms with E-state index in [0.29, 0.717) is 134 Å². The molecular formula is C82H133N5O25. The molecule has 0 aromatic heterocycles. The summed E-state index contributed by atoms with van der Waals surface area (Å²) >= 11 is 0. The standard InChI is InChI=1S/C82H133N5O25/c1-54-55(2)70(48-105-63(10)90)110-78(60(54)7)102-42-25-22-34-67(93)31-18-14-19-33-69(95)38-45-100-51-82(87-81(99)108-47-66-29-16-13-17-30-66,53-109-75(98)37-21-15-20-32-68(94)35-23-26-43-103-79-76(85-61(8)88)58(5)56(3)71(111-79)49-106-64(11)91)52-101-46-39-74(97)84-41-28-40-83-73(96)36-24-27-44-104-80-77(86-62(9)89)59(6)57(4)72(112-80)50-107-65(12)92/h13,16-17,29-30,54-60,70-72,76-80H,14-15,18-28,31-53H2,1-12H3,(H,83,96)(H,84,97)(H,85,88)(H,86,89)(H,87,99)/t54-,55+,56+,57+,58-,59-,60?,70?,71?,72?,76?,77?,78+,79+,80+,82?/m0/s1. The zero-order chi connectivity index (χ0) is 82.4. The molecular weight excluding hydrogens is 1450 g/mol. The van der Waals surface area contributed by atoms with E-state index >= 15 is 0 Å². The molecule has 30 heteroatoms. The maximum Gasteiger partial charge on any atom is 0.408 e. The molecule has 0 aliphatic carbocycles. The minimum atomic E-state index is -1.58. The van der Waals surface area contributed by atoms with Gasteiger partial charge < -0.3 is 88.2 Å². The number of carbonyl (C=O) groups is 12. The van der Waals surface area contributed by atoms with Crippen LogP contribution in [0.25, 0.3) is 0 Å². The number of ether oxygens (including phenoxy) is 13. The number of rotatable bonds is 57. The molecule has 0 saturated carbocycles. The Hall–Kier alpha value is -7.06. The number of hydrogen-bond acceptors (Lipinski definition) is 25. The molecule has 3 heterocycles. The van der Waals surface area contributed by atoms with Crippen molar-refractivity contribution in [1.82, 2.24) is 26.6 Å². The molecule has 3 fully saturated rings. The summed E-state index contributed by atoms with van der Waals surface area (Å²) in [5.74, 6) is -2.19. The van der Waals surface area contributed by atoms with Gasteiger partial charge in [-0.05, 0) is 112 Å². The van der Waals surface area contributed by atoms with Crippen LogP contribution in [0.4, 0.5) is 4.79 Å². The summed E-state index contributed by atoms with van der Waals surface area (Å²) in [5.41, 5.74) is -0.882. The Bertz CT molecular complexity index is 3010. The van der Waals surface area contributed by atoms with Crippen LogP contribution in [0.3, 0.4) is 0 Å². The number of hydrogen-bond donors (Lipinski definition) is 5. The highest BCUT2D eigenvalue weighted by atomic mass is 16.7. The average molecular weight is 1590 g/mol. The van der Waals surface area contributed by atoms with Crippen LogP contribution in [0.15, 0.2) is 30.3 Å². The molecule has 3 aliphatic rings. The van der Waals surface area contributed by atoms with Crippen LogP contribution in [0.2, 0.25) is 0 Å². The predicted octanol–water partition coefficient (Wildman–Crippen LogP) is 9.13. The summed E-state index contributed by atoms with van der Waals surface area (Å²) in [6, 6.07) is 8.13. The molecule has 5 N–H and O–H groups in total. The molecule has 0 radical (unpaired) electrons. The summed E-state index contributed by atoms with van der Waals surface area (Å²) in [6.07, 6.45) is 5.15. The number of unbranched alkanes of at least 4 members (excludes halogenated alkanes) is 7. The van der Waals surface area contributed by atoms with E-state index in [1.54, 1.807) is 24.3 Å². The smallest absolute Gasteiger partial charge is 0.408 e. The Morgan fingerprint density at radius 1 is 0.375 bits per heavy atom. The highest BCUT2D eigenvalue weighted by molar-refractivity contribution is 5.80. The molecule has 16 atom stereocenters. The van der Waals surface area contributed by atoms with E-state index in [4.69, 9.17) is 61.6 Å². The summed E-state index contributed by atoms with van der Waals surface area (Å²) in [4.78, 5) is 151. The highest BCUT2D eigenvalue weighted by Crippen LogP contribution is 2.37. The fourth-order valence-corrected chi connectivity index (χ4v) is 13.5. The quantitative estimate of drug-likeness (QED) is 0.0230. The summed E-state index contributed by atoms with van der Waals surface area (Å²) in [7, 11) is 0. The Balaban J connectivity index is 1.26. The van der Waals surface area contributed by atoms with Gasteiger partial charge in [0.05, 0.1) is 56.8 Å². The number of ketones is 3. The number of carbonyl (C=O) groups excluding carboxylic acids is 12. The lowest BCUT2D eigenvalue weighted by Crippen LogP contribution is -2.59. The average Bonchev–Trinajstić information content (AvgIpc) is 0.820. The fraction of sp³-hybridized carbons (Fsp3) is 0.780. The first-order chi connectivity index (χ1) is 53.5. The molecule has 3 saturated heterocycles. The van der Waals surface area contributed by atoms with Crippen LogP contribution in [-0.2, 0) is 121 Å². The minimum absolute atomic E-state index is 0.0123. The molecule has 4 rings (SSSR count). The van der Waals surface area contributed by atoms with Gasteiger partial charge in [-0.1, -0.05) is 91.6 Å². The van der Waals surface area contributed by atoms with E-state index < -0.39 is 79.3 Å². The molecule has 112 heavy (non-hydrogen) atoms. The van der Waals surface area contributed by atoms with Gasteiger partial charge in [-0.3, -0.25) is 52.7 Å². The van der Waals surface area contributed by atoms with Gasteiger partial charge in [0.25, 0.3) is 0 Å². The van der Waals surface area contributed by atoms with Gasteiger partial charge in [-0.15, -0.1) is 0 Å². The van der Waals surface area contributed by atoms with E-state index in [9.17, 15) is 57.5 Å². The first-order valence-corrected chi connectivity index (χ1v) is 40.6. The van der Waals surface area contributed by atoms with E-state index in [2.05, 4.69) is 47.4 Å². The van der Waals surface area contributed by atoms with Gasteiger partial charge in [0.15, 0.2) is 18.9 Å². The third-order valence-corrected chi connectivity index (χ3v) is 21.2. The lowest BCUT2D eigenvalue weighted by atomic mass is 9.79. The molecule has 636 valence electrons. The van der Waals surface area contributed by atoms with Gasteiger partial charge >= 0.3 is 30.0 Å². The third-order valence-electron chi connectivity index (χ3n) is 21.2. The Labute approximate surface area is 662 Å². The maximum atomic E-state index is 13.7. The number of nitrogens with one attached hydrogen (secondary N) is 5. The predicted molar refractivity (Wildman–Crippen MR) is 411 cm³/mol. The molecule has 7 unspecified atom stereocenters. The second-order valence-corrected chi connectivity index (χ2v) is 30.5. The normalized spacial score (nSPS) is 24.1. The lowest BCUT2D eigenvalue weighted by molar-refractivity contribution is -0.255. The largest absolute Gasteiger partial charge is 0.463 e. The SMILES string of the molecule is CC(=O)NC1[C@H](OCCCCC(=O)CCCCCC(=O)OCC(COCCC(=O)CCCCCC(=O)CCCCO[C@@H]2OC(COC(C)=O)[C@H](C)[C@H](C)C2C)(COCCC(=O)NCCCNC(=O)CCCCO[C@@H]2OC(COC(C)=O)[C@H](C)[C@H](C)C2NC(C)=O)NC(=O)OCc2ccccc2)OC(COC(C)=O)[C@H](C)[C@@H]1C. The topological polar surface area (TPSA) is 385 Å². The second kappa shape index (κ2) is 54.7. The van der Waals surface area contributed by atoms with E-state index in [0.717, 1.165) is 0 Å². The second-order valence-electron chi connectivity index (χ2n) is 30.5. The zero-order valence-electron chi connectivity index (χ0n) is 68.7. The van der Waals surface area contributed by atoms with Crippen molar-refractivity contribution in [2.45, 2.75) is 286 Å². The van der Waals surface area contributed by atoms with E-state index in [1.165, 1.54) is 34.6 Å². The van der Waals surface area contributed by atoms with Crippen LogP contribution < -0.4 is 26.6 Å². The molecule has 1 aromatic carbocycles. The van der Waals surface area contributed by atoms with Crippen LogP contribution in [-0.4, -0.2) is 212 Å². The van der Waals surface area contributed by atoms with Gasteiger partial charge in [0.2, 0.25) is 23.6 Å². The van der Waals surface area contributed by atoms with Crippen molar-refractivity contribution >= 4 is 70.9 Å². The van der Waals surface area contributed by atoms with Crippen LogP contribution >= 0.6 is 0 Å². The lowest BCUT2D eigenvalue weighted by Gasteiger charge is -2.44. The van der Waals surface area contributed by atoms with Crippen LogP contribution in [0.5, 0.6) is 0 Å². The molecule has 3 aliphatic heterocycles. The molecule has 0 bridgehead atoms. The fourth-order valence-electron chi connectivity index (χ4n) is 13.5. The number of amides is 5. The molecule has 0 spiro atoms. The van der Waals surface area contributed by atoms with Crippen molar-refractivity contribution in [3.8, 4) is 0 Å². The zero-order valence-corrected chi connectivity index (χ0v) is 68.7. The molecule has 1 aromatic rings. The number of benzene rings is 1. The maximum absolute atomic E-state index is 13.7. The van der Waals surface area contributed by atoms with Crippen molar-refractivity contribution in [3.05, 3.63) is 35.9 Å². The first kappa shape index (κ1) is 97.3. The summed E-state index contributed by atoms with van der Waals surface area (Å²) in [5, 5.41) is 14.4. The van der Waals surface area contributed by atoms with Crippen LogP contribution in [0, 0.1) is 41.4 Å². The molecule has 5 amide bonds. The Morgan fingerprint density at radius 2 is 0.768 bits per heavy atom. The Morgan fingerprint density at radius 3 is 1.22 bits per heavy atom. The van der Waals surface area contributed by atoms with Gasteiger partial charge in [-0.2, -0.15) is 0 Å². The summed E-state index contributed by atoms with van der Waals surface area (Å²) < 4.78 is 76.1. The number of esters is 4. The van der Waals surface area contributed by atoms with Gasteiger partial charge in [0.1, 0.15) is 55.9 Å². The van der Waals surface area contributed by atoms with Crippen molar-refractivity contribution in [1.29, 1.82) is 0 Å².